The Kier molecular flexibility index (Phi) is 10.2. The van der Waals surface area contributed by atoms with Crippen molar-refractivity contribution in [3.63, 3.8) is 0 Å². The second-order valence-electron chi connectivity index (χ2n) is 10.8. The van der Waals surface area contributed by atoms with Gasteiger partial charge in [0.2, 0.25) is 17.7 Å². The van der Waals surface area contributed by atoms with Crippen LogP contribution in [0.5, 0.6) is 17.4 Å². The molecule has 1 aliphatic rings. The number of benzene rings is 3. The fourth-order valence-corrected chi connectivity index (χ4v) is 5.16. The lowest BCUT2D eigenvalue weighted by Crippen LogP contribution is -2.39. The van der Waals surface area contributed by atoms with E-state index >= 15 is 0 Å². The van der Waals surface area contributed by atoms with Gasteiger partial charge >= 0.3 is 5.97 Å². The van der Waals surface area contributed by atoms with Crippen LogP contribution >= 0.6 is 0 Å². The van der Waals surface area contributed by atoms with Crippen LogP contribution in [0.1, 0.15) is 53.6 Å². The van der Waals surface area contributed by atoms with Gasteiger partial charge in [-0.2, -0.15) is 0 Å². The van der Waals surface area contributed by atoms with Crippen LogP contribution < -0.4 is 20.1 Å². The molecular formula is C35H35N3O6. The lowest BCUT2D eigenvalue weighted by molar-refractivity contribution is -0.122. The number of aryl methyl sites for hydroxylation is 1. The monoisotopic (exact) mass is 593 g/mol. The van der Waals surface area contributed by atoms with Crippen LogP contribution in [-0.2, 0) is 22.4 Å². The van der Waals surface area contributed by atoms with E-state index in [4.69, 9.17) is 9.47 Å². The first-order chi connectivity index (χ1) is 21.4. The second-order valence-corrected chi connectivity index (χ2v) is 10.8. The molecule has 9 nitrogen and oxygen atoms in total. The van der Waals surface area contributed by atoms with Crippen molar-refractivity contribution in [2.75, 3.05) is 5.32 Å². The molecule has 1 saturated carbocycles. The molecule has 1 fully saturated rings. The van der Waals surface area contributed by atoms with Crippen LogP contribution in [0.25, 0.3) is 0 Å². The molecule has 0 radical (unpaired) electrons. The van der Waals surface area contributed by atoms with Gasteiger partial charge in [-0.1, -0.05) is 48.5 Å². The van der Waals surface area contributed by atoms with E-state index in [0.29, 0.717) is 23.6 Å². The van der Waals surface area contributed by atoms with Gasteiger partial charge in [0.05, 0.1) is 23.8 Å². The highest BCUT2D eigenvalue weighted by Gasteiger charge is 2.23. The van der Waals surface area contributed by atoms with Gasteiger partial charge in [0, 0.05) is 24.7 Å². The molecule has 44 heavy (non-hydrogen) atoms. The maximum Gasteiger partial charge on any atom is 0.337 e. The zero-order valence-corrected chi connectivity index (χ0v) is 24.3. The normalized spacial score (nSPS) is 16.0. The topological polar surface area (TPSA) is 127 Å². The van der Waals surface area contributed by atoms with Crippen molar-refractivity contribution in [1.82, 2.24) is 10.3 Å². The highest BCUT2D eigenvalue weighted by atomic mass is 16.5. The van der Waals surface area contributed by atoms with Gasteiger partial charge in [-0.15, -0.1) is 0 Å². The van der Waals surface area contributed by atoms with E-state index in [1.54, 1.807) is 36.5 Å². The molecule has 4 aromatic rings. The van der Waals surface area contributed by atoms with Gasteiger partial charge in [0.25, 0.3) is 0 Å². The summed E-state index contributed by atoms with van der Waals surface area (Å²) in [6.07, 6.45) is 6.47. The Morgan fingerprint density at radius 3 is 2.18 bits per heavy atom. The van der Waals surface area contributed by atoms with E-state index in [2.05, 4.69) is 15.6 Å². The molecule has 3 aromatic carbocycles. The molecule has 1 aliphatic carbocycles. The van der Waals surface area contributed by atoms with E-state index in [1.807, 2.05) is 54.6 Å². The Labute approximate surface area is 256 Å². The summed E-state index contributed by atoms with van der Waals surface area (Å²) in [4.78, 5) is 40.5. The summed E-state index contributed by atoms with van der Waals surface area (Å²) in [5.41, 5.74) is 2.11. The van der Waals surface area contributed by atoms with Crippen molar-refractivity contribution in [1.29, 1.82) is 0 Å². The number of rotatable bonds is 12. The Bertz CT molecular complexity index is 1550. The molecule has 1 aromatic heterocycles. The fraction of sp³-hybridized carbons (Fsp3) is 0.257. The van der Waals surface area contributed by atoms with Crippen molar-refractivity contribution >= 4 is 23.5 Å². The molecule has 1 heterocycles. The number of para-hydroxylation sites is 1. The average molecular weight is 594 g/mol. The summed E-state index contributed by atoms with van der Waals surface area (Å²) >= 11 is 0. The highest BCUT2D eigenvalue weighted by Crippen LogP contribution is 2.27. The van der Waals surface area contributed by atoms with Gasteiger partial charge in [0.1, 0.15) is 11.5 Å². The first kappa shape index (κ1) is 30.3. The van der Waals surface area contributed by atoms with Crippen molar-refractivity contribution in [2.24, 2.45) is 0 Å². The number of aromatic carboxylic acids is 1. The molecule has 2 amide bonds. The van der Waals surface area contributed by atoms with Gasteiger partial charge < -0.3 is 25.2 Å². The minimum Gasteiger partial charge on any atom is -0.490 e. The number of amides is 2. The van der Waals surface area contributed by atoms with E-state index < -0.39 is 5.97 Å². The molecule has 5 rings (SSSR count). The van der Waals surface area contributed by atoms with E-state index in [1.165, 1.54) is 11.6 Å². The standard InChI is InChI=1S/C35H35N3O6/c39-32(20-10-24-6-2-1-3-7-24)37-26-12-14-27(15-13-26)43-28-16-18-29(19-17-28)44-34-21-11-25(23-36-34)22-33(40)38-31-9-5-4-8-30(31)35(41)42/h1-9,11,16-19,21,23,26-27H,10,12-15,20,22H2,(H,37,39)(H,38,40)(H,41,42). The first-order valence-electron chi connectivity index (χ1n) is 14.8. The van der Waals surface area contributed by atoms with Crippen LogP contribution in [0, 0.1) is 0 Å². The van der Waals surface area contributed by atoms with E-state index in [-0.39, 0.29) is 41.6 Å². The lowest BCUT2D eigenvalue weighted by Gasteiger charge is -2.29. The van der Waals surface area contributed by atoms with Gasteiger partial charge in [-0.05, 0) is 79.6 Å². The third-order valence-corrected chi connectivity index (χ3v) is 7.47. The maximum absolute atomic E-state index is 12.4. The second kappa shape index (κ2) is 14.8. The summed E-state index contributed by atoms with van der Waals surface area (Å²) in [6, 6.07) is 27.3. The molecule has 9 heteroatoms. The lowest BCUT2D eigenvalue weighted by atomic mass is 9.92. The summed E-state index contributed by atoms with van der Waals surface area (Å²) in [7, 11) is 0. The summed E-state index contributed by atoms with van der Waals surface area (Å²) in [5, 5.41) is 15.1. The zero-order chi connectivity index (χ0) is 30.7. The quantitative estimate of drug-likeness (QED) is 0.179. The Hall–Kier alpha value is -5.18. The van der Waals surface area contributed by atoms with Crippen LogP contribution in [0.3, 0.4) is 0 Å². The number of anilines is 1. The zero-order valence-electron chi connectivity index (χ0n) is 24.3. The maximum atomic E-state index is 12.4. The summed E-state index contributed by atoms with van der Waals surface area (Å²) in [5.74, 6) is 0.380. The molecule has 226 valence electrons. The van der Waals surface area contributed by atoms with Crippen LogP contribution in [0.4, 0.5) is 5.69 Å². The smallest absolute Gasteiger partial charge is 0.337 e. The molecule has 0 aliphatic heterocycles. The molecule has 0 saturated heterocycles. The average Bonchev–Trinajstić information content (AvgIpc) is 3.03. The van der Waals surface area contributed by atoms with Crippen molar-refractivity contribution in [3.8, 4) is 17.4 Å². The number of carbonyl (C=O) groups is 3. The number of nitrogens with zero attached hydrogens (tertiary/aromatic N) is 1. The van der Waals surface area contributed by atoms with Crippen LogP contribution in [0.15, 0.2) is 97.2 Å². The molecule has 3 N–H and O–H groups in total. The summed E-state index contributed by atoms with van der Waals surface area (Å²) in [6.45, 7) is 0. The number of carbonyl (C=O) groups excluding carboxylic acids is 2. The number of aromatic nitrogens is 1. The van der Waals surface area contributed by atoms with Crippen molar-refractivity contribution < 1.29 is 29.0 Å². The highest BCUT2D eigenvalue weighted by molar-refractivity contribution is 6.00. The third kappa shape index (κ3) is 8.91. The Morgan fingerprint density at radius 2 is 1.48 bits per heavy atom. The number of pyridine rings is 1. The number of nitrogens with one attached hydrogen (secondary N) is 2. The van der Waals surface area contributed by atoms with Crippen molar-refractivity contribution in [2.45, 2.75) is 57.1 Å². The molecule has 0 bridgehead atoms. The summed E-state index contributed by atoms with van der Waals surface area (Å²) < 4.78 is 12.0. The van der Waals surface area contributed by atoms with Crippen LogP contribution in [-0.4, -0.2) is 40.0 Å². The minimum absolute atomic E-state index is 0.0298. The van der Waals surface area contributed by atoms with E-state index in [9.17, 15) is 19.5 Å². The minimum atomic E-state index is -1.11. The van der Waals surface area contributed by atoms with Gasteiger partial charge in [-0.25, -0.2) is 9.78 Å². The number of carboxylic acid groups (broad SMARTS) is 1. The van der Waals surface area contributed by atoms with Crippen LogP contribution in [0.2, 0.25) is 0 Å². The van der Waals surface area contributed by atoms with Gasteiger partial charge in [0.15, 0.2) is 0 Å². The Morgan fingerprint density at radius 1 is 0.773 bits per heavy atom. The Balaban J connectivity index is 1.03. The van der Waals surface area contributed by atoms with E-state index in [0.717, 1.165) is 37.9 Å². The first-order valence-corrected chi connectivity index (χ1v) is 14.8. The predicted octanol–water partition coefficient (Wildman–Crippen LogP) is 6.19. The number of ether oxygens (including phenoxy) is 2. The van der Waals surface area contributed by atoms with Crippen molar-refractivity contribution in [3.05, 3.63) is 114 Å². The predicted molar refractivity (Wildman–Crippen MR) is 166 cm³/mol. The number of carboxylic acids is 1. The number of hydrogen-bond donors (Lipinski definition) is 3. The number of hydrogen-bond acceptors (Lipinski definition) is 6. The third-order valence-electron chi connectivity index (χ3n) is 7.47. The fourth-order valence-electron chi connectivity index (χ4n) is 5.16. The molecular weight excluding hydrogens is 558 g/mol. The molecule has 0 atom stereocenters. The SMILES string of the molecule is O=C(Cc1ccc(Oc2ccc(OC3CCC(NC(=O)CCc4ccccc4)CC3)cc2)nc1)Nc1ccccc1C(=O)O. The van der Waals surface area contributed by atoms with Gasteiger partial charge in [-0.3, -0.25) is 9.59 Å². The largest absolute Gasteiger partial charge is 0.490 e. The molecule has 0 unspecified atom stereocenters. The molecule has 0 spiro atoms.